The molecule has 6 nitrogen and oxygen atoms in total. The average molecular weight is 303 g/mol. The van der Waals surface area contributed by atoms with Crippen LogP contribution in [-0.2, 0) is 19.1 Å². The molecule has 0 rings (SSSR count). The summed E-state index contributed by atoms with van der Waals surface area (Å²) in [6, 6.07) is 0. The van der Waals surface area contributed by atoms with Gasteiger partial charge in [0.05, 0.1) is 18.3 Å². The van der Waals surface area contributed by atoms with Crippen LogP contribution in [0.5, 0.6) is 0 Å². The molecule has 124 valence electrons. The van der Waals surface area contributed by atoms with Crippen molar-refractivity contribution in [3.05, 3.63) is 0 Å². The molecule has 2 N–H and O–H groups in total. The molecule has 0 spiro atoms. The second-order valence-electron chi connectivity index (χ2n) is 5.82. The van der Waals surface area contributed by atoms with Crippen LogP contribution in [0.1, 0.15) is 53.4 Å². The van der Waals surface area contributed by atoms with E-state index in [9.17, 15) is 9.59 Å². The Labute approximate surface area is 127 Å². The highest BCUT2D eigenvalue weighted by Gasteiger charge is 2.17. The van der Waals surface area contributed by atoms with E-state index < -0.39 is 0 Å². The molecule has 0 fully saturated rings. The van der Waals surface area contributed by atoms with Crippen molar-refractivity contribution in [2.24, 2.45) is 0 Å². The van der Waals surface area contributed by atoms with Crippen molar-refractivity contribution in [1.82, 2.24) is 5.32 Å². The lowest BCUT2D eigenvalue weighted by atomic mass is 10.1. The van der Waals surface area contributed by atoms with Gasteiger partial charge < -0.3 is 19.9 Å². The first-order valence-electron chi connectivity index (χ1n) is 7.48. The first-order valence-corrected chi connectivity index (χ1v) is 7.48. The van der Waals surface area contributed by atoms with Crippen LogP contribution in [0.3, 0.4) is 0 Å². The molecule has 0 unspecified atom stereocenters. The van der Waals surface area contributed by atoms with Crippen LogP contribution in [0, 0.1) is 0 Å². The number of aliphatic hydroxyl groups excluding tert-OH is 1. The second kappa shape index (κ2) is 10.6. The number of nitrogens with one attached hydrogen (secondary N) is 1. The van der Waals surface area contributed by atoms with Gasteiger partial charge in [0.25, 0.3) is 0 Å². The lowest BCUT2D eigenvalue weighted by Gasteiger charge is -2.24. The Hall–Kier alpha value is -1.14. The van der Waals surface area contributed by atoms with E-state index in [1.54, 1.807) is 13.8 Å². The minimum atomic E-state index is -0.389. The summed E-state index contributed by atoms with van der Waals surface area (Å²) in [6.07, 6.45) is 1.47. The lowest BCUT2D eigenvalue weighted by Crippen LogP contribution is -2.32. The Morgan fingerprint density at radius 1 is 1.24 bits per heavy atom. The van der Waals surface area contributed by atoms with Crippen LogP contribution in [0.4, 0.5) is 0 Å². The normalized spacial score (nSPS) is 11.5. The zero-order chi connectivity index (χ0) is 16.3. The largest absolute Gasteiger partial charge is 0.463 e. The van der Waals surface area contributed by atoms with Gasteiger partial charge in [-0.15, -0.1) is 0 Å². The minimum absolute atomic E-state index is 0.0752. The molecule has 0 aliphatic rings. The van der Waals surface area contributed by atoms with Crippen molar-refractivity contribution < 1.29 is 24.2 Å². The van der Waals surface area contributed by atoms with Crippen molar-refractivity contribution >= 4 is 11.9 Å². The van der Waals surface area contributed by atoms with Gasteiger partial charge in [-0.1, -0.05) is 0 Å². The maximum absolute atomic E-state index is 11.5. The standard InChI is InChI=1S/C15H29NO5/c1-12(2)21-14(19)7-5-6-13(18)16-9-11-20-15(3,4)8-10-17/h12,17H,5-11H2,1-4H3,(H,16,18). The summed E-state index contributed by atoms with van der Waals surface area (Å²) < 4.78 is 10.5. The van der Waals surface area contributed by atoms with Crippen LogP contribution in [0.2, 0.25) is 0 Å². The van der Waals surface area contributed by atoms with E-state index in [-0.39, 0.29) is 36.6 Å². The highest BCUT2D eigenvalue weighted by atomic mass is 16.5. The second-order valence-corrected chi connectivity index (χ2v) is 5.82. The van der Waals surface area contributed by atoms with Gasteiger partial charge in [-0.3, -0.25) is 9.59 Å². The fourth-order valence-corrected chi connectivity index (χ4v) is 1.66. The van der Waals surface area contributed by atoms with Crippen molar-refractivity contribution in [3.63, 3.8) is 0 Å². The van der Waals surface area contributed by atoms with E-state index in [2.05, 4.69) is 5.32 Å². The Balaban J connectivity index is 3.61. The summed E-state index contributed by atoms with van der Waals surface area (Å²) in [5.41, 5.74) is -0.389. The number of ether oxygens (including phenoxy) is 2. The highest BCUT2D eigenvalue weighted by Crippen LogP contribution is 2.12. The molecule has 0 radical (unpaired) electrons. The number of rotatable bonds is 11. The van der Waals surface area contributed by atoms with Crippen LogP contribution >= 0.6 is 0 Å². The summed E-state index contributed by atoms with van der Waals surface area (Å²) in [4.78, 5) is 22.8. The summed E-state index contributed by atoms with van der Waals surface area (Å²) in [7, 11) is 0. The Kier molecular flexibility index (Phi) is 9.99. The van der Waals surface area contributed by atoms with Gasteiger partial charge in [0.2, 0.25) is 5.91 Å². The predicted octanol–water partition coefficient (Wildman–Crippen LogP) is 1.40. The van der Waals surface area contributed by atoms with E-state index in [4.69, 9.17) is 14.6 Å². The SMILES string of the molecule is CC(C)OC(=O)CCCC(=O)NCCOC(C)(C)CCO. The molecule has 0 heterocycles. The molecular weight excluding hydrogens is 274 g/mol. The smallest absolute Gasteiger partial charge is 0.306 e. The fourth-order valence-electron chi connectivity index (χ4n) is 1.66. The molecular formula is C15H29NO5. The van der Waals surface area contributed by atoms with Gasteiger partial charge in [0.15, 0.2) is 0 Å². The molecule has 0 saturated heterocycles. The predicted molar refractivity (Wildman–Crippen MR) is 79.8 cm³/mol. The first kappa shape index (κ1) is 19.9. The minimum Gasteiger partial charge on any atom is -0.463 e. The lowest BCUT2D eigenvalue weighted by molar-refractivity contribution is -0.147. The number of hydrogen-bond acceptors (Lipinski definition) is 5. The van der Waals surface area contributed by atoms with Gasteiger partial charge in [-0.05, 0) is 40.5 Å². The van der Waals surface area contributed by atoms with Crippen molar-refractivity contribution in [1.29, 1.82) is 0 Å². The van der Waals surface area contributed by atoms with Gasteiger partial charge >= 0.3 is 5.97 Å². The van der Waals surface area contributed by atoms with Gasteiger partial charge in [0, 0.05) is 26.0 Å². The Bertz CT molecular complexity index is 315. The highest BCUT2D eigenvalue weighted by molar-refractivity contribution is 5.77. The zero-order valence-electron chi connectivity index (χ0n) is 13.6. The van der Waals surface area contributed by atoms with E-state index in [1.165, 1.54) is 0 Å². The van der Waals surface area contributed by atoms with Crippen molar-refractivity contribution in [2.45, 2.75) is 65.1 Å². The number of carbonyl (C=O) groups is 2. The Morgan fingerprint density at radius 3 is 2.48 bits per heavy atom. The molecule has 6 heteroatoms. The maximum atomic E-state index is 11.5. The molecule has 0 aromatic carbocycles. The number of carbonyl (C=O) groups excluding carboxylic acids is 2. The van der Waals surface area contributed by atoms with Crippen LogP contribution in [0.25, 0.3) is 0 Å². The van der Waals surface area contributed by atoms with Gasteiger partial charge in [0.1, 0.15) is 0 Å². The molecule has 0 aromatic rings. The Morgan fingerprint density at radius 2 is 1.90 bits per heavy atom. The number of esters is 1. The molecule has 21 heavy (non-hydrogen) atoms. The molecule has 0 saturated carbocycles. The maximum Gasteiger partial charge on any atom is 0.306 e. The molecule has 0 atom stereocenters. The van der Waals surface area contributed by atoms with Crippen LogP contribution in [0.15, 0.2) is 0 Å². The molecule has 1 amide bonds. The van der Waals surface area contributed by atoms with E-state index in [0.29, 0.717) is 32.4 Å². The first-order chi connectivity index (χ1) is 9.76. The van der Waals surface area contributed by atoms with Gasteiger partial charge in [-0.2, -0.15) is 0 Å². The van der Waals surface area contributed by atoms with Crippen molar-refractivity contribution in [2.75, 3.05) is 19.8 Å². The summed E-state index contributed by atoms with van der Waals surface area (Å²) >= 11 is 0. The monoisotopic (exact) mass is 303 g/mol. The van der Waals surface area contributed by atoms with Crippen LogP contribution in [-0.4, -0.2) is 48.4 Å². The van der Waals surface area contributed by atoms with Crippen molar-refractivity contribution in [3.8, 4) is 0 Å². The third-order valence-electron chi connectivity index (χ3n) is 2.78. The summed E-state index contributed by atoms with van der Waals surface area (Å²) in [6.45, 7) is 8.27. The van der Waals surface area contributed by atoms with E-state index in [1.807, 2.05) is 13.8 Å². The molecule has 0 aromatic heterocycles. The third-order valence-corrected chi connectivity index (χ3v) is 2.78. The number of amides is 1. The zero-order valence-corrected chi connectivity index (χ0v) is 13.6. The number of aliphatic hydroxyl groups is 1. The summed E-state index contributed by atoms with van der Waals surface area (Å²) in [5, 5.41) is 11.6. The quantitative estimate of drug-likeness (QED) is 0.445. The molecule has 0 bridgehead atoms. The topological polar surface area (TPSA) is 84.9 Å². The molecule has 0 aliphatic heterocycles. The average Bonchev–Trinajstić information content (AvgIpc) is 2.33. The molecule has 0 aliphatic carbocycles. The summed E-state index contributed by atoms with van der Waals surface area (Å²) in [5.74, 6) is -0.372. The van der Waals surface area contributed by atoms with E-state index in [0.717, 1.165) is 0 Å². The van der Waals surface area contributed by atoms with E-state index >= 15 is 0 Å². The third kappa shape index (κ3) is 12.3. The number of hydrogen-bond donors (Lipinski definition) is 2. The van der Waals surface area contributed by atoms with Crippen LogP contribution < -0.4 is 5.32 Å². The van der Waals surface area contributed by atoms with Gasteiger partial charge in [-0.25, -0.2) is 0 Å². The fraction of sp³-hybridized carbons (Fsp3) is 0.867.